The number of hydrogen-bond donors (Lipinski definition) is 1. The van der Waals surface area contributed by atoms with Crippen LogP contribution in [-0.2, 0) is 0 Å². The van der Waals surface area contributed by atoms with E-state index in [1.165, 1.54) is 11.6 Å². The third kappa shape index (κ3) is 3.35. The number of nitrogens with one attached hydrogen (secondary N) is 1. The summed E-state index contributed by atoms with van der Waals surface area (Å²) in [4.78, 5) is 0. The molecule has 0 spiro atoms. The van der Waals surface area contributed by atoms with Gasteiger partial charge >= 0.3 is 0 Å². The molecule has 1 N–H and O–H groups in total. The van der Waals surface area contributed by atoms with Crippen molar-refractivity contribution >= 4 is 21.6 Å². The molecule has 1 atom stereocenters. The van der Waals surface area contributed by atoms with Crippen molar-refractivity contribution in [1.82, 2.24) is 0 Å². The standard InChI is InChI=1S/C16H17BrFN/c1-10-4-5-11(2)16(8-10)19-12(3)14-7-6-13(17)9-15(14)18/h4-9,12,19H,1-3H3. The molecule has 0 aliphatic carbocycles. The molecular formula is C16H17BrFN. The largest absolute Gasteiger partial charge is 0.378 e. The van der Waals surface area contributed by atoms with Crippen LogP contribution in [0.5, 0.6) is 0 Å². The molecule has 0 amide bonds. The van der Waals surface area contributed by atoms with Crippen LogP contribution in [0.2, 0.25) is 0 Å². The van der Waals surface area contributed by atoms with Crippen LogP contribution in [0, 0.1) is 19.7 Å². The van der Waals surface area contributed by atoms with Crippen molar-refractivity contribution in [2.45, 2.75) is 26.8 Å². The minimum absolute atomic E-state index is 0.0754. The number of aryl methyl sites for hydroxylation is 2. The van der Waals surface area contributed by atoms with E-state index in [4.69, 9.17) is 0 Å². The second kappa shape index (κ2) is 5.74. The monoisotopic (exact) mass is 321 g/mol. The first kappa shape index (κ1) is 14.1. The van der Waals surface area contributed by atoms with Crippen molar-refractivity contribution in [2.75, 3.05) is 5.32 Å². The van der Waals surface area contributed by atoms with Crippen molar-refractivity contribution in [3.63, 3.8) is 0 Å². The molecule has 19 heavy (non-hydrogen) atoms. The van der Waals surface area contributed by atoms with E-state index in [0.29, 0.717) is 5.56 Å². The fourth-order valence-electron chi connectivity index (χ4n) is 2.06. The molecule has 0 fully saturated rings. The molecule has 0 aromatic heterocycles. The fourth-order valence-corrected chi connectivity index (χ4v) is 2.39. The number of anilines is 1. The molecular weight excluding hydrogens is 305 g/mol. The first-order valence-electron chi connectivity index (χ1n) is 6.26. The topological polar surface area (TPSA) is 12.0 Å². The first-order chi connectivity index (χ1) is 8.97. The Morgan fingerprint density at radius 2 is 1.84 bits per heavy atom. The third-order valence-corrected chi connectivity index (χ3v) is 3.69. The minimum atomic E-state index is -0.195. The SMILES string of the molecule is Cc1ccc(C)c(NC(C)c2ccc(Br)cc2F)c1. The van der Waals surface area contributed by atoms with Gasteiger partial charge in [-0.25, -0.2) is 4.39 Å². The van der Waals surface area contributed by atoms with Gasteiger partial charge in [0.25, 0.3) is 0 Å². The fraction of sp³-hybridized carbons (Fsp3) is 0.250. The number of halogens is 2. The summed E-state index contributed by atoms with van der Waals surface area (Å²) in [5.74, 6) is -0.195. The molecule has 2 aromatic carbocycles. The van der Waals surface area contributed by atoms with Gasteiger partial charge in [0, 0.05) is 15.7 Å². The zero-order valence-electron chi connectivity index (χ0n) is 11.3. The predicted molar refractivity (Wildman–Crippen MR) is 82.1 cm³/mol. The van der Waals surface area contributed by atoms with Crippen molar-refractivity contribution < 1.29 is 4.39 Å². The van der Waals surface area contributed by atoms with Gasteiger partial charge in [0.15, 0.2) is 0 Å². The third-order valence-electron chi connectivity index (χ3n) is 3.19. The second-order valence-electron chi connectivity index (χ2n) is 4.85. The smallest absolute Gasteiger partial charge is 0.129 e. The van der Waals surface area contributed by atoms with Gasteiger partial charge in [-0.2, -0.15) is 0 Å². The summed E-state index contributed by atoms with van der Waals surface area (Å²) < 4.78 is 14.7. The molecule has 0 saturated carbocycles. The average molecular weight is 322 g/mol. The molecule has 100 valence electrons. The van der Waals surface area contributed by atoms with Gasteiger partial charge in [0.05, 0.1) is 6.04 Å². The summed E-state index contributed by atoms with van der Waals surface area (Å²) >= 11 is 3.27. The summed E-state index contributed by atoms with van der Waals surface area (Å²) in [5, 5.41) is 3.37. The molecule has 2 aromatic rings. The molecule has 0 heterocycles. The Morgan fingerprint density at radius 3 is 2.53 bits per heavy atom. The van der Waals surface area contributed by atoms with Crippen LogP contribution in [0.3, 0.4) is 0 Å². The first-order valence-corrected chi connectivity index (χ1v) is 7.05. The normalized spacial score (nSPS) is 12.3. The molecule has 0 bridgehead atoms. The Kier molecular flexibility index (Phi) is 4.25. The zero-order chi connectivity index (χ0) is 14.0. The van der Waals surface area contributed by atoms with Crippen LogP contribution >= 0.6 is 15.9 Å². The van der Waals surface area contributed by atoms with Crippen molar-refractivity contribution in [1.29, 1.82) is 0 Å². The molecule has 0 saturated heterocycles. The summed E-state index contributed by atoms with van der Waals surface area (Å²) in [6.45, 7) is 6.07. The van der Waals surface area contributed by atoms with Gasteiger partial charge in [-0.3, -0.25) is 0 Å². The van der Waals surface area contributed by atoms with E-state index in [0.717, 1.165) is 15.7 Å². The second-order valence-corrected chi connectivity index (χ2v) is 5.77. The molecule has 0 aliphatic heterocycles. The lowest BCUT2D eigenvalue weighted by Crippen LogP contribution is -2.09. The summed E-state index contributed by atoms with van der Waals surface area (Å²) in [6, 6.07) is 11.3. The molecule has 1 nitrogen and oxygen atoms in total. The highest BCUT2D eigenvalue weighted by Crippen LogP contribution is 2.26. The Balaban J connectivity index is 2.25. The van der Waals surface area contributed by atoms with E-state index in [9.17, 15) is 4.39 Å². The lowest BCUT2D eigenvalue weighted by Gasteiger charge is -2.18. The van der Waals surface area contributed by atoms with Crippen LogP contribution in [0.1, 0.15) is 29.7 Å². The van der Waals surface area contributed by atoms with E-state index in [1.807, 2.05) is 26.0 Å². The molecule has 3 heteroatoms. The van der Waals surface area contributed by atoms with Crippen LogP contribution in [-0.4, -0.2) is 0 Å². The van der Waals surface area contributed by atoms with Crippen LogP contribution < -0.4 is 5.32 Å². The van der Waals surface area contributed by atoms with E-state index < -0.39 is 0 Å². The van der Waals surface area contributed by atoms with Gasteiger partial charge in [0.1, 0.15) is 5.82 Å². The maximum absolute atomic E-state index is 13.9. The Hall–Kier alpha value is -1.35. The number of hydrogen-bond acceptors (Lipinski definition) is 1. The maximum Gasteiger partial charge on any atom is 0.129 e. The lowest BCUT2D eigenvalue weighted by atomic mass is 10.1. The maximum atomic E-state index is 13.9. The number of rotatable bonds is 3. The highest BCUT2D eigenvalue weighted by molar-refractivity contribution is 9.10. The van der Waals surface area contributed by atoms with Gasteiger partial charge in [-0.1, -0.05) is 34.1 Å². The van der Waals surface area contributed by atoms with Crippen molar-refractivity contribution in [3.05, 3.63) is 63.4 Å². The predicted octanol–water partition coefficient (Wildman–Crippen LogP) is 5.38. The molecule has 0 aliphatic rings. The molecule has 1 unspecified atom stereocenters. The quantitative estimate of drug-likeness (QED) is 0.800. The van der Waals surface area contributed by atoms with Crippen LogP contribution in [0.25, 0.3) is 0 Å². The average Bonchev–Trinajstić information content (AvgIpc) is 2.33. The Bertz CT molecular complexity index is 595. The van der Waals surface area contributed by atoms with Gasteiger partial charge in [-0.15, -0.1) is 0 Å². The highest BCUT2D eigenvalue weighted by Gasteiger charge is 2.12. The zero-order valence-corrected chi connectivity index (χ0v) is 12.9. The Morgan fingerprint density at radius 1 is 1.11 bits per heavy atom. The van der Waals surface area contributed by atoms with Gasteiger partial charge < -0.3 is 5.32 Å². The molecule has 2 rings (SSSR count). The van der Waals surface area contributed by atoms with Crippen molar-refractivity contribution in [3.8, 4) is 0 Å². The van der Waals surface area contributed by atoms with E-state index in [2.05, 4.69) is 46.4 Å². The summed E-state index contributed by atoms with van der Waals surface area (Å²) in [7, 11) is 0. The summed E-state index contributed by atoms with van der Waals surface area (Å²) in [6.07, 6.45) is 0. The Labute approximate surface area is 122 Å². The lowest BCUT2D eigenvalue weighted by molar-refractivity contribution is 0.599. The minimum Gasteiger partial charge on any atom is -0.378 e. The highest BCUT2D eigenvalue weighted by atomic mass is 79.9. The van der Waals surface area contributed by atoms with Crippen LogP contribution in [0.15, 0.2) is 40.9 Å². The summed E-state index contributed by atoms with van der Waals surface area (Å²) in [5.41, 5.74) is 4.07. The van der Waals surface area contributed by atoms with Gasteiger partial charge in [-0.05, 0) is 50.1 Å². The van der Waals surface area contributed by atoms with E-state index in [1.54, 1.807) is 0 Å². The van der Waals surface area contributed by atoms with Crippen LogP contribution in [0.4, 0.5) is 10.1 Å². The van der Waals surface area contributed by atoms with Crippen molar-refractivity contribution in [2.24, 2.45) is 0 Å². The van der Waals surface area contributed by atoms with E-state index >= 15 is 0 Å². The molecule has 0 radical (unpaired) electrons. The number of benzene rings is 2. The van der Waals surface area contributed by atoms with Gasteiger partial charge in [0.2, 0.25) is 0 Å². The van der Waals surface area contributed by atoms with E-state index in [-0.39, 0.29) is 11.9 Å².